The van der Waals surface area contributed by atoms with Gasteiger partial charge in [0.25, 0.3) is 0 Å². The van der Waals surface area contributed by atoms with E-state index in [0.717, 1.165) is 50.9 Å². The Bertz CT molecular complexity index is 1160. The lowest BCUT2D eigenvalue weighted by molar-refractivity contribution is -0.302. The lowest BCUT2D eigenvalue weighted by atomic mass is 9.98. The van der Waals surface area contributed by atoms with Gasteiger partial charge < -0.3 is 56.1 Å². The summed E-state index contributed by atoms with van der Waals surface area (Å²) < 4.78 is 33.0. The highest BCUT2D eigenvalue weighted by Crippen LogP contribution is 2.43. The van der Waals surface area contributed by atoms with Crippen LogP contribution < -0.4 is 11.1 Å². The molecule has 1 fully saturated rings. The summed E-state index contributed by atoms with van der Waals surface area (Å²) in [5.41, 5.74) is 5.31. The number of carbonyl (C=O) groups excluding carboxylic acids is 1. The number of unbranched alkanes of at least 4 members (excludes halogenated alkanes) is 26. The Hall–Kier alpha value is -0.780. The highest BCUT2D eigenvalue weighted by Gasteiger charge is 2.46. The number of carbonyl (C=O) groups is 1. The van der Waals surface area contributed by atoms with Crippen LogP contribution in [0.1, 0.15) is 220 Å². The van der Waals surface area contributed by atoms with Gasteiger partial charge in [0.2, 0.25) is 5.91 Å². The van der Waals surface area contributed by atoms with Gasteiger partial charge in [0, 0.05) is 6.54 Å². The minimum Gasteiger partial charge on any atom is -0.390 e. The molecule has 5 unspecified atom stereocenters. The van der Waals surface area contributed by atoms with Gasteiger partial charge in [-0.15, -0.1) is 0 Å². The topological polar surface area (TPSA) is 251 Å². The van der Waals surface area contributed by atoms with Crippen LogP contribution in [0.15, 0.2) is 0 Å². The number of hydrogen-bond donors (Lipinski definition) is 9. The number of nitrogens with one attached hydrogen (secondary N) is 1. The van der Waals surface area contributed by atoms with Crippen molar-refractivity contribution in [3.63, 3.8) is 0 Å². The van der Waals surface area contributed by atoms with Crippen molar-refractivity contribution in [1.82, 2.24) is 5.32 Å². The third-order valence-corrected chi connectivity index (χ3v) is 13.7. The molecule has 0 spiro atoms. The Kier molecular flexibility index (Phi) is 38.3. The molecule has 65 heavy (non-hydrogen) atoms. The van der Waals surface area contributed by atoms with Crippen LogP contribution in [0.2, 0.25) is 0 Å². The fourth-order valence-corrected chi connectivity index (χ4v) is 9.14. The van der Waals surface area contributed by atoms with Crippen molar-refractivity contribution in [3.05, 3.63) is 0 Å². The van der Waals surface area contributed by atoms with Crippen LogP contribution in [-0.4, -0.2) is 123 Å². The molecule has 0 saturated carbocycles. The summed E-state index contributed by atoms with van der Waals surface area (Å²) in [6.07, 6.45) is 22.6. The van der Waals surface area contributed by atoms with E-state index in [-0.39, 0.29) is 26.0 Å². The zero-order chi connectivity index (χ0) is 48.1. The van der Waals surface area contributed by atoms with E-state index in [1.54, 1.807) is 0 Å². The number of ether oxygens (including phenoxy) is 2. The molecule has 0 radical (unpaired) electrons. The minimum absolute atomic E-state index is 0.0506. The Balaban J connectivity index is 2.56. The molecule has 1 rings (SSSR count). The second-order valence-corrected chi connectivity index (χ2v) is 20.7. The smallest absolute Gasteiger partial charge is 0.390 e. The van der Waals surface area contributed by atoms with Gasteiger partial charge >= 0.3 is 7.82 Å². The van der Waals surface area contributed by atoms with Crippen LogP contribution in [-0.2, 0) is 27.9 Å². The molecule has 0 aliphatic carbocycles. The predicted octanol–water partition coefficient (Wildman–Crippen LogP) is 8.24. The summed E-state index contributed by atoms with van der Waals surface area (Å²) in [5.74, 6) is -0.0249. The molecular weight excluding hydrogens is 856 g/mol. The van der Waals surface area contributed by atoms with Gasteiger partial charge in [-0.1, -0.05) is 207 Å². The second-order valence-electron chi connectivity index (χ2n) is 19.2. The van der Waals surface area contributed by atoms with Crippen molar-refractivity contribution in [1.29, 1.82) is 0 Å². The molecular formula is C49H99N2O13P. The maximum absolute atomic E-state index is 13.2. The molecule has 1 heterocycles. The molecule has 388 valence electrons. The van der Waals surface area contributed by atoms with Crippen LogP contribution in [0.5, 0.6) is 0 Å². The number of phosphoric acid groups is 1. The molecule has 15 nitrogen and oxygen atoms in total. The Morgan fingerprint density at radius 2 is 1.06 bits per heavy atom. The summed E-state index contributed by atoms with van der Waals surface area (Å²) in [7, 11) is -4.58. The first kappa shape index (κ1) is 62.2. The van der Waals surface area contributed by atoms with Crippen molar-refractivity contribution in [2.75, 3.05) is 26.4 Å². The number of amides is 1. The Morgan fingerprint density at radius 1 is 0.631 bits per heavy atom. The van der Waals surface area contributed by atoms with Crippen LogP contribution in [0.3, 0.4) is 0 Å². The Labute approximate surface area is 394 Å². The van der Waals surface area contributed by atoms with Crippen molar-refractivity contribution in [2.45, 2.75) is 275 Å². The van der Waals surface area contributed by atoms with Gasteiger partial charge in [-0.2, -0.15) is 0 Å². The summed E-state index contributed by atoms with van der Waals surface area (Å²) in [6, 6.07) is -1.26. The molecule has 0 bridgehead atoms. The number of aliphatic hydroxyl groups excluding tert-OH is 6. The molecule has 10 atom stereocenters. The van der Waals surface area contributed by atoms with Crippen molar-refractivity contribution in [3.8, 4) is 0 Å². The minimum atomic E-state index is -4.58. The molecule has 1 amide bonds. The highest BCUT2D eigenvalue weighted by molar-refractivity contribution is 7.47. The van der Waals surface area contributed by atoms with Gasteiger partial charge in [-0.25, -0.2) is 4.57 Å². The molecule has 0 aromatic heterocycles. The quantitative estimate of drug-likeness (QED) is 0.0206. The van der Waals surface area contributed by atoms with E-state index >= 15 is 0 Å². The average Bonchev–Trinajstić information content (AvgIpc) is 3.28. The number of phosphoric ester groups is 1. The van der Waals surface area contributed by atoms with E-state index in [1.165, 1.54) is 128 Å². The van der Waals surface area contributed by atoms with E-state index < -0.39 is 82.0 Å². The predicted molar refractivity (Wildman–Crippen MR) is 257 cm³/mol. The fourth-order valence-electron chi connectivity index (χ4n) is 8.40. The number of hydrogen-bond acceptors (Lipinski definition) is 13. The normalized spacial score (nSPS) is 21.9. The number of nitrogens with two attached hydrogens (primary N) is 1. The third kappa shape index (κ3) is 31.9. The van der Waals surface area contributed by atoms with Gasteiger partial charge in [0.15, 0.2) is 6.29 Å². The van der Waals surface area contributed by atoms with Crippen LogP contribution >= 0.6 is 7.82 Å². The SMILES string of the molecule is CCCCCCCCCCCCCCCCCCCCCCC(O)C(=O)NC(CO[C@@H]1O[C@H](COP(=O)(O)OCCN)[C@@H](O)[C@H](O)[C@H]1O)C(O)C(O)CCCCCCCCCCC(C)C. The fraction of sp³-hybridized carbons (Fsp3) is 0.980. The third-order valence-electron chi connectivity index (χ3n) is 12.7. The number of rotatable bonds is 45. The van der Waals surface area contributed by atoms with E-state index in [0.29, 0.717) is 12.8 Å². The summed E-state index contributed by atoms with van der Waals surface area (Å²) >= 11 is 0. The zero-order valence-electron chi connectivity index (χ0n) is 41.1. The molecule has 1 aliphatic rings. The van der Waals surface area contributed by atoms with Gasteiger partial charge in [-0.05, 0) is 18.8 Å². The average molecular weight is 955 g/mol. The van der Waals surface area contributed by atoms with E-state index in [1.807, 2.05) is 0 Å². The highest BCUT2D eigenvalue weighted by atomic mass is 31.2. The van der Waals surface area contributed by atoms with Gasteiger partial charge in [-0.3, -0.25) is 13.8 Å². The standard InChI is InChI=1S/C49H99N2O13P/c1-4-5-6-7-8-9-10-11-12-13-14-15-16-17-18-19-20-25-28-31-34-42(53)48(58)51-40(44(54)41(52)33-30-27-24-22-21-23-26-29-32-39(2)3)37-61-49-47(57)46(56)45(55)43(64-49)38-63-65(59,60)62-36-35-50/h39-47,49,52-57H,4-38,50H2,1-3H3,(H,51,58)(H,59,60)/t40?,41?,42?,43-,44?,45-,46+,47-,49-/m1/s1. The van der Waals surface area contributed by atoms with E-state index in [9.17, 15) is 44.9 Å². The van der Waals surface area contributed by atoms with Crippen LogP contribution in [0, 0.1) is 5.92 Å². The summed E-state index contributed by atoms with van der Waals surface area (Å²) in [4.78, 5) is 23.1. The maximum Gasteiger partial charge on any atom is 0.472 e. The van der Waals surface area contributed by atoms with E-state index in [2.05, 4.69) is 26.1 Å². The van der Waals surface area contributed by atoms with Crippen LogP contribution in [0.25, 0.3) is 0 Å². The van der Waals surface area contributed by atoms with E-state index in [4.69, 9.17) is 24.3 Å². The molecule has 1 saturated heterocycles. The summed E-state index contributed by atoms with van der Waals surface area (Å²) in [5, 5.41) is 67.4. The monoisotopic (exact) mass is 955 g/mol. The Morgan fingerprint density at radius 3 is 1.51 bits per heavy atom. The molecule has 16 heteroatoms. The zero-order valence-corrected chi connectivity index (χ0v) is 42.0. The second kappa shape index (κ2) is 40.0. The summed E-state index contributed by atoms with van der Waals surface area (Å²) in [6.45, 7) is 5.17. The lowest BCUT2D eigenvalue weighted by Gasteiger charge is -2.41. The first-order chi connectivity index (χ1) is 31.2. The van der Waals surface area contributed by atoms with Crippen molar-refractivity contribution in [2.24, 2.45) is 11.7 Å². The number of aliphatic hydroxyl groups is 6. The largest absolute Gasteiger partial charge is 0.472 e. The van der Waals surface area contributed by atoms with Crippen LogP contribution in [0.4, 0.5) is 0 Å². The molecule has 10 N–H and O–H groups in total. The molecule has 0 aromatic carbocycles. The van der Waals surface area contributed by atoms with Crippen molar-refractivity contribution >= 4 is 13.7 Å². The van der Waals surface area contributed by atoms with Crippen molar-refractivity contribution < 1.29 is 63.4 Å². The van der Waals surface area contributed by atoms with Gasteiger partial charge in [0.05, 0.1) is 32.0 Å². The van der Waals surface area contributed by atoms with Gasteiger partial charge in [0.1, 0.15) is 36.6 Å². The molecule has 0 aromatic rings. The first-order valence-corrected chi connectivity index (χ1v) is 27.7. The molecule has 1 aliphatic heterocycles. The lowest BCUT2D eigenvalue weighted by Crippen LogP contribution is -2.60. The first-order valence-electron chi connectivity index (χ1n) is 26.2. The maximum atomic E-state index is 13.2.